The first kappa shape index (κ1) is 44.7. The Bertz CT molecular complexity index is 2090. The monoisotopic (exact) mass is 855 g/mol. The molecule has 0 aromatic heterocycles. The quantitative estimate of drug-likeness (QED) is 0.145. The zero-order valence-corrected chi connectivity index (χ0v) is 35.0. The smallest absolute Gasteiger partial charge is 0.316 e. The van der Waals surface area contributed by atoms with Gasteiger partial charge in [0.1, 0.15) is 47.3 Å². The molecule has 13 atom stereocenters. The van der Waals surface area contributed by atoms with E-state index in [1.807, 2.05) is 19.0 Å². The van der Waals surface area contributed by atoms with Crippen molar-refractivity contribution in [1.29, 1.82) is 0 Å². The van der Waals surface area contributed by atoms with Crippen molar-refractivity contribution >= 4 is 29.1 Å². The summed E-state index contributed by atoms with van der Waals surface area (Å²) in [6, 6.07) is 2.80. The van der Waals surface area contributed by atoms with Gasteiger partial charge in [0, 0.05) is 55.7 Å². The number of hydrogen-bond acceptors (Lipinski definition) is 18. The molecule has 0 bridgehead atoms. The van der Waals surface area contributed by atoms with Crippen molar-refractivity contribution in [3.8, 4) is 17.2 Å². The fraction of sp³-hybridized carbons (Fsp3) is 0.605. The minimum Gasteiger partial charge on any atom is -0.507 e. The van der Waals surface area contributed by atoms with E-state index < -0.39 is 155 Å². The number of benzene rings is 2. The Morgan fingerprint density at radius 1 is 0.852 bits per heavy atom. The molecule has 2 aromatic carbocycles. The van der Waals surface area contributed by atoms with Crippen LogP contribution in [0.1, 0.15) is 121 Å². The van der Waals surface area contributed by atoms with Gasteiger partial charge in [0.15, 0.2) is 30.4 Å². The number of aromatic hydroxyl groups is 3. The highest BCUT2D eigenvalue weighted by Gasteiger charge is 2.55. The molecule has 3 heterocycles. The van der Waals surface area contributed by atoms with E-state index >= 15 is 0 Å². The molecule has 18 nitrogen and oxygen atoms in total. The maximum atomic E-state index is 14.0. The fourth-order valence-corrected chi connectivity index (χ4v) is 9.59. The van der Waals surface area contributed by atoms with E-state index in [0.717, 1.165) is 25.3 Å². The highest BCUT2D eigenvalue weighted by molar-refractivity contribution is 6.31. The number of ether oxygens (including phenoxy) is 7. The first-order valence-electron chi connectivity index (χ1n) is 20.4. The molecule has 2 aromatic rings. The van der Waals surface area contributed by atoms with Gasteiger partial charge in [-0.25, -0.2) is 0 Å². The lowest BCUT2D eigenvalue weighted by atomic mass is 9.66. The van der Waals surface area contributed by atoms with Gasteiger partial charge in [-0.15, -0.1) is 0 Å². The van der Waals surface area contributed by atoms with Crippen molar-refractivity contribution in [1.82, 2.24) is 4.90 Å². The van der Waals surface area contributed by atoms with Crippen LogP contribution < -0.4 is 0 Å². The summed E-state index contributed by atoms with van der Waals surface area (Å²) in [5, 5.41) is 56.7. The van der Waals surface area contributed by atoms with E-state index in [-0.39, 0.29) is 29.8 Å². The number of hydrogen-bond donors (Lipinski definition) is 5. The summed E-state index contributed by atoms with van der Waals surface area (Å²) in [6.45, 7) is 6.38. The van der Waals surface area contributed by atoms with Gasteiger partial charge in [-0.3, -0.25) is 24.0 Å². The number of Topliss-reactive ketones (excluding diaryl/α,β-unsaturated/α-hetero) is 2. The van der Waals surface area contributed by atoms with Crippen LogP contribution in [0.15, 0.2) is 18.2 Å². The van der Waals surface area contributed by atoms with Crippen LogP contribution in [-0.2, 0) is 47.5 Å². The average molecular weight is 856 g/mol. The summed E-state index contributed by atoms with van der Waals surface area (Å²) in [7, 11) is 4.72. The van der Waals surface area contributed by atoms with Crippen molar-refractivity contribution in [3.63, 3.8) is 0 Å². The molecule has 18 heteroatoms. The van der Waals surface area contributed by atoms with Crippen molar-refractivity contribution in [2.24, 2.45) is 0 Å². The summed E-state index contributed by atoms with van der Waals surface area (Å²) in [6.07, 6.45) is -8.43. The second kappa shape index (κ2) is 17.1. The van der Waals surface area contributed by atoms with Crippen molar-refractivity contribution in [2.75, 3.05) is 21.2 Å². The van der Waals surface area contributed by atoms with Gasteiger partial charge in [-0.2, -0.15) is 0 Å². The van der Waals surface area contributed by atoms with E-state index in [4.69, 9.17) is 33.2 Å². The molecule has 0 saturated carbocycles. The predicted octanol–water partition coefficient (Wildman–Crippen LogP) is 2.43. The van der Waals surface area contributed by atoms with Crippen LogP contribution in [0, 0.1) is 0 Å². The number of methoxy groups -OCH3 is 1. The lowest BCUT2D eigenvalue weighted by Gasteiger charge is -2.48. The van der Waals surface area contributed by atoms with Crippen LogP contribution in [0.2, 0.25) is 0 Å². The molecule has 0 spiro atoms. The normalized spacial score (nSPS) is 35.0. The molecule has 7 rings (SSSR count). The first-order valence-corrected chi connectivity index (χ1v) is 20.4. The lowest BCUT2D eigenvalue weighted by Crippen LogP contribution is -2.58. The van der Waals surface area contributed by atoms with E-state index in [1.165, 1.54) is 6.92 Å². The third-order valence-corrected chi connectivity index (χ3v) is 12.5. The standard InChI is InChI=1S/C43H53NO17/c1-17(45)15-43(54)16-28(32-21(36(43)42(53)55-7)12-22-33(38(32)51)39(52)35-26(48)9-8-25(47)34(35)37(22)50)59-30-13-23(44(5)6)40(19(3)57-30)61-31-14-27(49)41(20(4)58-31)60-29-11-10-24(46)18(2)56-29/h8-9,12,18-20,23,27-31,36,40-41,47-49,51,54H,10-11,13-16H2,1-7H3/t18?,19?,20?,23?,27?,28-,29?,30?,31?,36-,40?,41?,43+/m0/s1. The minimum absolute atomic E-state index is 0.0132. The van der Waals surface area contributed by atoms with Crippen LogP contribution in [0.3, 0.4) is 0 Å². The fourth-order valence-electron chi connectivity index (χ4n) is 9.59. The van der Waals surface area contributed by atoms with Gasteiger partial charge in [0.05, 0.1) is 53.8 Å². The molecule has 5 aliphatic rings. The maximum absolute atomic E-state index is 14.0. The molecule has 10 unspecified atom stereocenters. The van der Waals surface area contributed by atoms with Crippen LogP contribution in [0.25, 0.3) is 0 Å². The Kier molecular flexibility index (Phi) is 12.5. The summed E-state index contributed by atoms with van der Waals surface area (Å²) in [5.74, 6) is -7.06. The van der Waals surface area contributed by atoms with Crippen molar-refractivity contribution < 1.29 is 82.7 Å². The molecule has 61 heavy (non-hydrogen) atoms. The Balaban J connectivity index is 1.17. The maximum Gasteiger partial charge on any atom is 0.316 e. The van der Waals surface area contributed by atoms with Crippen LogP contribution in [0.5, 0.6) is 17.2 Å². The molecule has 332 valence electrons. The Morgan fingerprint density at radius 3 is 2.05 bits per heavy atom. The number of aliphatic hydroxyl groups is 2. The lowest BCUT2D eigenvalue weighted by molar-refractivity contribution is -0.324. The van der Waals surface area contributed by atoms with Crippen molar-refractivity contribution in [3.05, 3.63) is 51.6 Å². The number of esters is 1. The van der Waals surface area contributed by atoms with Gasteiger partial charge in [-0.05, 0) is 65.6 Å². The molecule has 0 radical (unpaired) electrons. The first-order chi connectivity index (χ1) is 28.7. The molecule has 0 amide bonds. The summed E-state index contributed by atoms with van der Waals surface area (Å²) < 4.78 is 42.4. The Morgan fingerprint density at radius 2 is 1.46 bits per heavy atom. The summed E-state index contributed by atoms with van der Waals surface area (Å²) >= 11 is 0. The van der Waals surface area contributed by atoms with Gasteiger partial charge in [-0.1, -0.05) is 0 Å². The number of rotatable bonds is 10. The third kappa shape index (κ3) is 8.21. The second-order valence-corrected chi connectivity index (χ2v) is 17.0. The van der Waals surface area contributed by atoms with Crippen LogP contribution in [0.4, 0.5) is 0 Å². The van der Waals surface area contributed by atoms with Crippen LogP contribution in [-0.4, -0.2) is 148 Å². The largest absolute Gasteiger partial charge is 0.507 e. The number of carbonyl (C=O) groups is 5. The number of aliphatic hydroxyl groups excluding tert-OH is 1. The van der Waals surface area contributed by atoms with Crippen molar-refractivity contribution in [2.45, 2.75) is 145 Å². The molecular formula is C43H53NO17. The van der Waals surface area contributed by atoms with E-state index in [9.17, 15) is 49.5 Å². The number of nitrogens with zero attached hydrogens (tertiary/aromatic N) is 1. The molecular weight excluding hydrogens is 802 g/mol. The van der Waals surface area contributed by atoms with Crippen LogP contribution >= 0.6 is 0 Å². The number of phenols is 3. The molecule has 2 aliphatic carbocycles. The average Bonchev–Trinajstić information content (AvgIpc) is 3.17. The van der Waals surface area contributed by atoms with E-state index in [2.05, 4.69) is 0 Å². The number of ketones is 4. The molecule has 3 fully saturated rings. The highest BCUT2D eigenvalue weighted by Crippen LogP contribution is 2.54. The molecule has 5 N–H and O–H groups in total. The SMILES string of the molecule is COC(=O)[C@@H]1c2cc3c(c(O)c2[C@@H](OC2CC(N(C)C)C(OC4CC(O)C(OC5CCC(=O)C(C)O5)C(C)O4)C(C)O2)C[C@]1(O)CC(C)=O)C(=O)c1c(O)ccc(O)c1C3=O. The number of fused-ring (bicyclic) bond motifs is 3. The number of phenolic OH excluding ortho intramolecular Hbond substituents is 3. The zero-order valence-electron chi connectivity index (χ0n) is 35.0. The van der Waals surface area contributed by atoms with Gasteiger partial charge >= 0.3 is 5.97 Å². The number of likely N-dealkylation sites (N-methyl/N-ethyl adjacent to an activating group) is 1. The van der Waals surface area contributed by atoms with E-state index in [0.29, 0.717) is 12.8 Å². The topological polar surface area (TPSA) is 254 Å². The third-order valence-electron chi connectivity index (χ3n) is 12.5. The van der Waals surface area contributed by atoms with Gasteiger partial charge in [0.25, 0.3) is 0 Å². The minimum atomic E-state index is -2.18. The Hall–Kier alpha value is -4.37. The second-order valence-electron chi connectivity index (χ2n) is 17.0. The zero-order chi connectivity index (χ0) is 44.4. The Labute approximate surface area is 351 Å². The van der Waals surface area contributed by atoms with Gasteiger partial charge < -0.3 is 63.6 Å². The van der Waals surface area contributed by atoms with E-state index in [1.54, 1.807) is 20.8 Å². The predicted molar refractivity (Wildman–Crippen MR) is 208 cm³/mol. The summed E-state index contributed by atoms with van der Waals surface area (Å²) in [4.78, 5) is 68.0. The number of carbonyl (C=O) groups excluding carboxylic acids is 5. The highest BCUT2D eigenvalue weighted by atomic mass is 16.7. The molecule has 3 saturated heterocycles. The van der Waals surface area contributed by atoms with Gasteiger partial charge in [0.2, 0.25) is 5.78 Å². The summed E-state index contributed by atoms with van der Waals surface area (Å²) in [5.41, 5.74) is -4.44. The molecule has 3 aliphatic heterocycles.